The molecule has 3 rings (SSSR count). The van der Waals surface area contributed by atoms with Crippen LogP contribution in [0.2, 0.25) is 0 Å². The fourth-order valence-corrected chi connectivity index (χ4v) is 4.40. The molecule has 0 aromatic carbocycles. The second-order valence-electron chi connectivity index (χ2n) is 7.49. The maximum atomic E-state index is 12.5. The Hall–Kier alpha value is -1.32. The molecule has 2 unspecified atom stereocenters. The van der Waals surface area contributed by atoms with Gasteiger partial charge in [-0.05, 0) is 36.2 Å². The lowest BCUT2D eigenvalue weighted by atomic mass is 9.65. The van der Waals surface area contributed by atoms with E-state index in [9.17, 15) is 4.79 Å². The molecule has 2 bridgehead atoms. The van der Waals surface area contributed by atoms with Crippen molar-refractivity contribution >= 4 is 5.91 Å². The molecule has 1 aliphatic carbocycles. The van der Waals surface area contributed by atoms with E-state index in [4.69, 9.17) is 0 Å². The molecule has 19 heavy (non-hydrogen) atoms. The molecule has 1 amide bonds. The average Bonchev–Trinajstić information content (AvgIpc) is 2.83. The molecule has 1 aromatic rings. The monoisotopic (exact) mass is 261 g/mol. The van der Waals surface area contributed by atoms with Crippen LogP contribution in [-0.4, -0.2) is 33.6 Å². The lowest BCUT2D eigenvalue weighted by Crippen LogP contribution is -2.38. The summed E-state index contributed by atoms with van der Waals surface area (Å²) in [5, 5.41) is 6.79. The number of nitrogens with zero attached hydrogens (tertiary/aromatic N) is 2. The van der Waals surface area contributed by atoms with Crippen molar-refractivity contribution in [3.63, 3.8) is 0 Å². The van der Waals surface area contributed by atoms with Gasteiger partial charge in [-0.15, -0.1) is 0 Å². The number of aromatic nitrogens is 2. The van der Waals surface area contributed by atoms with Crippen molar-refractivity contribution in [2.75, 3.05) is 6.54 Å². The minimum absolute atomic E-state index is 0.246. The number of H-pyrrole nitrogens is 1. The van der Waals surface area contributed by atoms with Gasteiger partial charge < -0.3 is 4.90 Å². The van der Waals surface area contributed by atoms with Crippen LogP contribution in [0.1, 0.15) is 45.7 Å². The Kier molecular flexibility index (Phi) is 2.73. The molecule has 1 aliphatic heterocycles. The van der Waals surface area contributed by atoms with Crippen molar-refractivity contribution in [3.05, 3.63) is 18.0 Å². The fraction of sp³-hybridized carbons (Fsp3) is 0.733. The molecule has 1 aromatic heterocycles. The summed E-state index contributed by atoms with van der Waals surface area (Å²) in [4.78, 5) is 14.6. The van der Waals surface area contributed by atoms with Gasteiger partial charge in [-0.2, -0.15) is 5.10 Å². The van der Waals surface area contributed by atoms with E-state index in [1.54, 1.807) is 6.20 Å². The largest absolute Gasteiger partial charge is 0.339 e. The Labute approximate surface area is 114 Å². The zero-order valence-electron chi connectivity index (χ0n) is 12.1. The number of aromatic amines is 1. The summed E-state index contributed by atoms with van der Waals surface area (Å²) in [5.41, 5.74) is 1.59. The van der Waals surface area contributed by atoms with Crippen molar-refractivity contribution in [2.24, 2.45) is 10.8 Å². The van der Waals surface area contributed by atoms with Crippen LogP contribution in [0.5, 0.6) is 0 Å². The van der Waals surface area contributed by atoms with Crippen LogP contribution in [0, 0.1) is 10.8 Å². The minimum Gasteiger partial charge on any atom is -0.339 e. The van der Waals surface area contributed by atoms with E-state index >= 15 is 0 Å². The topological polar surface area (TPSA) is 49.0 Å². The Balaban J connectivity index is 1.74. The summed E-state index contributed by atoms with van der Waals surface area (Å²) in [6.45, 7) is 7.93. The van der Waals surface area contributed by atoms with Crippen molar-refractivity contribution in [1.82, 2.24) is 15.1 Å². The van der Waals surface area contributed by atoms with Crippen LogP contribution in [-0.2, 0) is 11.2 Å². The SMILES string of the molecule is CC1(C)CC2CC(C)(CN2C(=O)Cc2ccn[nH]2)C1. The third-order valence-electron chi connectivity index (χ3n) is 4.64. The standard InChI is InChI=1S/C15H23N3O/c1-14(2)7-12-8-15(3,9-14)10-18(12)13(19)6-11-4-5-16-17-11/h4-5,12H,6-10H2,1-3H3,(H,16,17). The van der Waals surface area contributed by atoms with Crippen LogP contribution in [0.4, 0.5) is 0 Å². The van der Waals surface area contributed by atoms with E-state index in [0.717, 1.165) is 18.7 Å². The van der Waals surface area contributed by atoms with Gasteiger partial charge in [-0.25, -0.2) is 0 Å². The summed E-state index contributed by atoms with van der Waals surface area (Å²) < 4.78 is 0. The maximum absolute atomic E-state index is 12.5. The quantitative estimate of drug-likeness (QED) is 0.888. The molecular formula is C15H23N3O. The van der Waals surface area contributed by atoms with Gasteiger partial charge in [-0.3, -0.25) is 9.89 Å². The molecule has 2 atom stereocenters. The van der Waals surface area contributed by atoms with E-state index in [2.05, 4.69) is 35.9 Å². The Morgan fingerprint density at radius 3 is 2.95 bits per heavy atom. The lowest BCUT2D eigenvalue weighted by Gasteiger charge is -2.39. The number of hydrogen-bond donors (Lipinski definition) is 1. The summed E-state index contributed by atoms with van der Waals surface area (Å²) in [7, 11) is 0. The number of amides is 1. The van der Waals surface area contributed by atoms with Crippen LogP contribution in [0.15, 0.2) is 12.3 Å². The van der Waals surface area contributed by atoms with Gasteiger partial charge in [0.15, 0.2) is 0 Å². The van der Waals surface area contributed by atoms with Crippen molar-refractivity contribution in [3.8, 4) is 0 Å². The van der Waals surface area contributed by atoms with Gasteiger partial charge in [-0.1, -0.05) is 20.8 Å². The Bertz CT molecular complexity index is 480. The van der Waals surface area contributed by atoms with Gasteiger partial charge in [0.2, 0.25) is 5.91 Å². The highest BCUT2D eigenvalue weighted by Gasteiger charge is 2.50. The molecule has 2 aliphatic rings. The smallest absolute Gasteiger partial charge is 0.228 e. The summed E-state index contributed by atoms with van der Waals surface area (Å²) in [6.07, 6.45) is 5.69. The zero-order valence-corrected chi connectivity index (χ0v) is 12.1. The molecule has 1 N–H and O–H groups in total. The number of nitrogens with one attached hydrogen (secondary N) is 1. The van der Waals surface area contributed by atoms with Crippen molar-refractivity contribution in [1.29, 1.82) is 0 Å². The third-order valence-corrected chi connectivity index (χ3v) is 4.64. The average molecular weight is 261 g/mol. The second-order valence-corrected chi connectivity index (χ2v) is 7.49. The van der Waals surface area contributed by atoms with E-state index in [0.29, 0.717) is 23.3 Å². The first-order chi connectivity index (χ1) is 8.87. The van der Waals surface area contributed by atoms with Crippen LogP contribution >= 0.6 is 0 Å². The molecule has 4 nitrogen and oxygen atoms in total. The third kappa shape index (κ3) is 2.40. The number of carbonyl (C=O) groups excluding carboxylic acids is 1. The zero-order chi connectivity index (χ0) is 13.7. The highest BCUT2D eigenvalue weighted by atomic mass is 16.2. The van der Waals surface area contributed by atoms with Gasteiger partial charge in [0.25, 0.3) is 0 Å². The maximum Gasteiger partial charge on any atom is 0.228 e. The molecule has 1 saturated heterocycles. The van der Waals surface area contributed by atoms with E-state index in [-0.39, 0.29) is 5.91 Å². The number of hydrogen-bond acceptors (Lipinski definition) is 2. The molecule has 2 heterocycles. The summed E-state index contributed by atoms with van der Waals surface area (Å²) >= 11 is 0. The van der Waals surface area contributed by atoms with Crippen LogP contribution in [0.25, 0.3) is 0 Å². The van der Waals surface area contributed by atoms with E-state index < -0.39 is 0 Å². The van der Waals surface area contributed by atoms with Crippen molar-refractivity contribution < 1.29 is 4.79 Å². The van der Waals surface area contributed by atoms with Gasteiger partial charge >= 0.3 is 0 Å². The molecule has 0 radical (unpaired) electrons. The van der Waals surface area contributed by atoms with E-state index in [1.807, 2.05) is 6.07 Å². The molecule has 0 spiro atoms. The van der Waals surface area contributed by atoms with Crippen molar-refractivity contribution in [2.45, 2.75) is 52.5 Å². The van der Waals surface area contributed by atoms with Crippen LogP contribution in [0.3, 0.4) is 0 Å². The minimum atomic E-state index is 0.246. The van der Waals surface area contributed by atoms with Gasteiger partial charge in [0, 0.05) is 24.5 Å². The predicted octanol–water partition coefficient (Wildman–Crippen LogP) is 2.38. The molecule has 4 heteroatoms. The number of fused-ring (bicyclic) bond motifs is 2. The van der Waals surface area contributed by atoms with E-state index in [1.165, 1.54) is 12.8 Å². The summed E-state index contributed by atoms with van der Waals surface area (Å²) in [6, 6.07) is 2.32. The Morgan fingerprint density at radius 2 is 2.26 bits per heavy atom. The Morgan fingerprint density at radius 1 is 1.47 bits per heavy atom. The predicted molar refractivity (Wildman–Crippen MR) is 73.5 cm³/mol. The first-order valence-electron chi connectivity index (χ1n) is 7.15. The summed E-state index contributed by atoms with van der Waals surface area (Å²) in [5.74, 6) is 0.246. The highest BCUT2D eigenvalue weighted by Crippen LogP contribution is 2.52. The molecule has 104 valence electrons. The molecular weight excluding hydrogens is 238 g/mol. The highest BCUT2D eigenvalue weighted by molar-refractivity contribution is 5.79. The fourth-order valence-electron chi connectivity index (χ4n) is 4.40. The first-order valence-corrected chi connectivity index (χ1v) is 7.15. The molecule has 1 saturated carbocycles. The number of likely N-dealkylation sites (tertiary alicyclic amines) is 1. The second kappa shape index (κ2) is 4.09. The normalized spacial score (nSPS) is 32.6. The molecule has 2 fully saturated rings. The first kappa shape index (κ1) is 12.7. The van der Waals surface area contributed by atoms with Crippen LogP contribution < -0.4 is 0 Å². The van der Waals surface area contributed by atoms with Gasteiger partial charge in [0.1, 0.15) is 0 Å². The van der Waals surface area contributed by atoms with Gasteiger partial charge in [0.05, 0.1) is 6.42 Å². The lowest BCUT2D eigenvalue weighted by molar-refractivity contribution is -0.131. The number of carbonyl (C=O) groups is 1. The number of rotatable bonds is 2.